The number of piperidine rings is 1. The third-order valence-electron chi connectivity index (χ3n) is 7.06. The van der Waals surface area contributed by atoms with Gasteiger partial charge in [0.1, 0.15) is 5.78 Å². The number of pyridine rings is 1. The van der Waals surface area contributed by atoms with E-state index in [0.717, 1.165) is 43.9 Å². The number of sulfonamides is 1. The number of halogens is 2. The van der Waals surface area contributed by atoms with E-state index in [1.54, 1.807) is 13.1 Å². The van der Waals surface area contributed by atoms with Crippen LogP contribution in [0.2, 0.25) is 10.0 Å². The molecule has 3 heterocycles. The molecule has 1 aromatic heterocycles. The first kappa shape index (κ1) is 27.3. The summed E-state index contributed by atoms with van der Waals surface area (Å²) in [5.41, 5.74) is 3.03. The average Bonchev–Trinajstić information content (AvgIpc) is 2.90. The summed E-state index contributed by atoms with van der Waals surface area (Å²) in [5, 5.41) is 4.51. The molecule has 0 unspecified atom stereocenters. The predicted octanol–water partition coefficient (Wildman–Crippen LogP) is 5.07. The first-order chi connectivity index (χ1) is 17.3. The van der Waals surface area contributed by atoms with E-state index in [1.807, 2.05) is 24.3 Å². The molecule has 1 aromatic carbocycles. The molecule has 2 fully saturated rings. The number of benzene rings is 1. The molecule has 1 atom stereocenters. The van der Waals surface area contributed by atoms with E-state index < -0.39 is 10.0 Å². The maximum atomic E-state index is 13.1. The Kier molecular flexibility index (Phi) is 9.28. The predicted molar refractivity (Wildman–Crippen MR) is 144 cm³/mol. The molecule has 2 aliphatic heterocycles. The SMILES string of the molecule is CCS(=O)(=O)N1CCC[C@H](C(=O)Cc2cc(-c3cc(NCC4CCOCC4)ccc3Cl)c(Cl)cn2)C1. The quantitative estimate of drug-likeness (QED) is 0.466. The lowest BCUT2D eigenvalue weighted by Crippen LogP contribution is -2.43. The van der Waals surface area contributed by atoms with Crippen molar-refractivity contribution < 1.29 is 17.9 Å². The van der Waals surface area contributed by atoms with Crippen LogP contribution in [-0.4, -0.2) is 62.1 Å². The van der Waals surface area contributed by atoms with Gasteiger partial charge in [0.15, 0.2) is 0 Å². The summed E-state index contributed by atoms with van der Waals surface area (Å²) in [7, 11) is -3.31. The Balaban J connectivity index is 1.48. The fraction of sp³-hybridized carbons (Fsp3) is 0.538. The Labute approximate surface area is 223 Å². The van der Waals surface area contributed by atoms with Crippen molar-refractivity contribution in [3.63, 3.8) is 0 Å². The summed E-state index contributed by atoms with van der Waals surface area (Å²) in [4.78, 5) is 17.5. The van der Waals surface area contributed by atoms with Gasteiger partial charge < -0.3 is 10.1 Å². The van der Waals surface area contributed by atoms with Gasteiger partial charge in [-0.2, -0.15) is 0 Å². The van der Waals surface area contributed by atoms with Crippen LogP contribution in [0.1, 0.15) is 38.3 Å². The molecule has 0 radical (unpaired) electrons. The van der Waals surface area contributed by atoms with Crippen LogP contribution in [0.5, 0.6) is 0 Å². The molecule has 4 rings (SSSR count). The average molecular weight is 555 g/mol. The fourth-order valence-electron chi connectivity index (χ4n) is 4.80. The van der Waals surface area contributed by atoms with Gasteiger partial charge in [0.05, 0.1) is 10.8 Å². The topological polar surface area (TPSA) is 88.6 Å². The van der Waals surface area contributed by atoms with E-state index in [4.69, 9.17) is 27.9 Å². The van der Waals surface area contributed by atoms with E-state index in [2.05, 4.69) is 10.3 Å². The molecule has 2 aromatic rings. The van der Waals surface area contributed by atoms with Gasteiger partial charge in [-0.25, -0.2) is 12.7 Å². The molecule has 10 heteroatoms. The summed E-state index contributed by atoms with van der Waals surface area (Å²) in [6.07, 6.45) is 5.12. The Morgan fingerprint density at radius 2 is 1.89 bits per heavy atom. The van der Waals surface area contributed by atoms with Gasteiger partial charge in [-0.05, 0) is 62.8 Å². The van der Waals surface area contributed by atoms with E-state index >= 15 is 0 Å². The third kappa shape index (κ3) is 6.78. The van der Waals surface area contributed by atoms with Crippen LogP contribution in [0.15, 0.2) is 30.5 Å². The lowest BCUT2D eigenvalue weighted by molar-refractivity contribution is -0.123. The van der Waals surface area contributed by atoms with Gasteiger partial charge in [0.25, 0.3) is 0 Å². The second-order valence-electron chi connectivity index (χ2n) is 9.53. The normalized spacial score (nSPS) is 19.8. The zero-order valence-corrected chi connectivity index (χ0v) is 22.8. The Hall–Kier alpha value is -1.71. The second-order valence-corrected chi connectivity index (χ2v) is 12.6. The highest BCUT2D eigenvalue weighted by molar-refractivity contribution is 7.89. The van der Waals surface area contributed by atoms with Crippen molar-refractivity contribution in [3.8, 4) is 11.1 Å². The molecular weight excluding hydrogens is 521 g/mol. The highest BCUT2D eigenvalue weighted by atomic mass is 35.5. The number of hydrogen-bond donors (Lipinski definition) is 1. The summed E-state index contributed by atoms with van der Waals surface area (Å²) < 4.78 is 31.4. The monoisotopic (exact) mass is 553 g/mol. The number of carbonyl (C=O) groups excluding carboxylic acids is 1. The molecule has 196 valence electrons. The fourth-order valence-corrected chi connectivity index (χ4v) is 6.41. The maximum Gasteiger partial charge on any atom is 0.213 e. The van der Waals surface area contributed by atoms with Gasteiger partial charge in [-0.15, -0.1) is 0 Å². The highest BCUT2D eigenvalue weighted by Crippen LogP contribution is 2.36. The zero-order chi connectivity index (χ0) is 25.7. The van der Waals surface area contributed by atoms with E-state index in [-0.39, 0.29) is 30.4 Å². The summed E-state index contributed by atoms with van der Waals surface area (Å²) in [6.45, 7) is 4.81. The second kappa shape index (κ2) is 12.2. The molecule has 2 aliphatic rings. The molecular formula is C26H33Cl2N3O4S. The van der Waals surface area contributed by atoms with E-state index in [9.17, 15) is 13.2 Å². The van der Waals surface area contributed by atoms with Crippen molar-refractivity contribution in [2.45, 2.75) is 39.0 Å². The maximum absolute atomic E-state index is 13.1. The molecule has 7 nitrogen and oxygen atoms in total. The van der Waals surface area contributed by atoms with Crippen molar-refractivity contribution in [2.75, 3.05) is 43.9 Å². The van der Waals surface area contributed by atoms with Gasteiger partial charge in [-0.1, -0.05) is 23.2 Å². The molecule has 2 saturated heterocycles. The Bertz CT molecular complexity index is 1190. The number of aromatic nitrogens is 1. The van der Waals surface area contributed by atoms with Crippen molar-refractivity contribution in [3.05, 3.63) is 46.2 Å². The van der Waals surface area contributed by atoms with Crippen molar-refractivity contribution in [1.82, 2.24) is 9.29 Å². The zero-order valence-electron chi connectivity index (χ0n) is 20.5. The first-order valence-corrected chi connectivity index (χ1v) is 14.9. The first-order valence-electron chi connectivity index (χ1n) is 12.5. The van der Waals surface area contributed by atoms with Gasteiger partial charge in [0, 0.05) is 78.9 Å². The molecule has 1 N–H and O–H groups in total. The number of anilines is 1. The van der Waals surface area contributed by atoms with Crippen molar-refractivity contribution in [2.24, 2.45) is 11.8 Å². The van der Waals surface area contributed by atoms with Crippen LogP contribution in [0.4, 0.5) is 5.69 Å². The van der Waals surface area contributed by atoms with Crippen LogP contribution >= 0.6 is 23.2 Å². The van der Waals surface area contributed by atoms with Crippen LogP contribution in [0.3, 0.4) is 0 Å². The lowest BCUT2D eigenvalue weighted by Gasteiger charge is -2.30. The van der Waals surface area contributed by atoms with Crippen LogP contribution in [0, 0.1) is 11.8 Å². The van der Waals surface area contributed by atoms with Gasteiger partial charge in [-0.3, -0.25) is 9.78 Å². The van der Waals surface area contributed by atoms with E-state index in [0.29, 0.717) is 46.6 Å². The van der Waals surface area contributed by atoms with Crippen molar-refractivity contribution >= 4 is 44.7 Å². The van der Waals surface area contributed by atoms with Crippen LogP contribution in [0.25, 0.3) is 11.1 Å². The molecule has 0 saturated carbocycles. The van der Waals surface area contributed by atoms with Crippen molar-refractivity contribution in [1.29, 1.82) is 0 Å². The molecule has 0 bridgehead atoms. The highest BCUT2D eigenvalue weighted by Gasteiger charge is 2.31. The summed E-state index contributed by atoms with van der Waals surface area (Å²) in [6, 6.07) is 7.58. The number of nitrogens with zero attached hydrogens (tertiary/aromatic N) is 2. The lowest BCUT2D eigenvalue weighted by atomic mass is 9.92. The number of hydrogen-bond acceptors (Lipinski definition) is 6. The minimum Gasteiger partial charge on any atom is -0.385 e. The Morgan fingerprint density at radius 3 is 2.64 bits per heavy atom. The third-order valence-corrected chi connectivity index (χ3v) is 9.54. The number of Topliss-reactive ketones (excluding diaryl/α,β-unsaturated/α-hetero) is 1. The molecule has 0 spiro atoms. The number of nitrogens with one attached hydrogen (secondary N) is 1. The van der Waals surface area contributed by atoms with Gasteiger partial charge >= 0.3 is 0 Å². The number of carbonyl (C=O) groups is 1. The smallest absolute Gasteiger partial charge is 0.213 e. The molecule has 0 amide bonds. The Morgan fingerprint density at radius 1 is 1.14 bits per heavy atom. The minimum atomic E-state index is -3.31. The standard InChI is InChI=1S/C26H33Cl2N3O4S/c1-2-36(33,34)31-9-3-4-19(17-31)26(32)14-21-13-23(25(28)16-30-21)22-12-20(5-6-24(22)27)29-15-18-7-10-35-11-8-18/h5-6,12-13,16,18-19,29H,2-4,7-11,14-15,17H2,1H3/t19-/m0/s1. The van der Waals surface area contributed by atoms with E-state index in [1.165, 1.54) is 4.31 Å². The molecule has 36 heavy (non-hydrogen) atoms. The largest absolute Gasteiger partial charge is 0.385 e. The van der Waals surface area contributed by atoms with Crippen LogP contribution < -0.4 is 5.32 Å². The van der Waals surface area contributed by atoms with Crippen LogP contribution in [-0.2, 0) is 26.0 Å². The number of rotatable bonds is 9. The summed E-state index contributed by atoms with van der Waals surface area (Å²) in [5.74, 6) is 0.273. The molecule has 0 aliphatic carbocycles. The van der Waals surface area contributed by atoms with Gasteiger partial charge in [0.2, 0.25) is 10.0 Å². The number of ether oxygens (including phenoxy) is 1. The summed E-state index contributed by atoms with van der Waals surface area (Å²) >= 11 is 13.1. The minimum absolute atomic E-state index is 0.00949. The number of ketones is 1.